The standard InChI is InChI=1S/C23H28N2O4S/c1-17(19-10-6-3-7-11-19)25-30(28,29)20-12-13-22(21(16-20)23(26)27)24-15-14-18-8-4-2-5-9-18/h3,6-8,10-13,16-17,24-25H,2,4-5,9,14-15H2,1H3,(H,26,27)/t17-/m1/s1. The number of rotatable bonds is 9. The third kappa shape index (κ3) is 5.70. The maximum Gasteiger partial charge on any atom is 0.337 e. The molecule has 6 nitrogen and oxygen atoms in total. The topological polar surface area (TPSA) is 95.5 Å². The van der Waals surface area contributed by atoms with Gasteiger partial charge in [0.25, 0.3) is 0 Å². The largest absolute Gasteiger partial charge is 0.478 e. The SMILES string of the molecule is C[C@@H](NS(=O)(=O)c1ccc(NCCC2=CCCCC2)c(C(=O)O)c1)c1ccccc1. The summed E-state index contributed by atoms with van der Waals surface area (Å²) >= 11 is 0. The Morgan fingerprint density at radius 1 is 1.13 bits per heavy atom. The molecule has 0 bridgehead atoms. The van der Waals surface area contributed by atoms with Crippen molar-refractivity contribution in [2.45, 2.75) is 50.0 Å². The number of allylic oxidation sites excluding steroid dienone is 1. The van der Waals surface area contributed by atoms with Gasteiger partial charge in [-0.1, -0.05) is 42.0 Å². The predicted molar refractivity (Wildman–Crippen MR) is 118 cm³/mol. The summed E-state index contributed by atoms with van der Waals surface area (Å²) in [4.78, 5) is 11.7. The molecular weight excluding hydrogens is 400 g/mol. The Morgan fingerprint density at radius 3 is 2.57 bits per heavy atom. The summed E-state index contributed by atoms with van der Waals surface area (Å²) in [5.74, 6) is -1.16. The fourth-order valence-corrected chi connectivity index (χ4v) is 4.88. The lowest BCUT2D eigenvalue weighted by molar-refractivity contribution is 0.0697. The molecule has 0 spiro atoms. The third-order valence-corrected chi connectivity index (χ3v) is 6.85. The van der Waals surface area contributed by atoms with E-state index in [1.54, 1.807) is 6.92 Å². The van der Waals surface area contributed by atoms with Crippen molar-refractivity contribution in [3.63, 3.8) is 0 Å². The van der Waals surface area contributed by atoms with Gasteiger partial charge in [-0.05, 0) is 62.8 Å². The van der Waals surface area contributed by atoms with Crippen LogP contribution in [0.4, 0.5) is 5.69 Å². The Hall–Kier alpha value is -2.64. The summed E-state index contributed by atoms with van der Waals surface area (Å²) in [7, 11) is -3.87. The normalized spacial score (nSPS) is 15.3. The van der Waals surface area contributed by atoms with Crippen LogP contribution in [0, 0.1) is 0 Å². The van der Waals surface area contributed by atoms with Crippen molar-refractivity contribution in [1.82, 2.24) is 4.72 Å². The molecule has 3 rings (SSSR count). The van der Waals surface area contributed by atoms with E-state index in [9.17, 15) is 18.3 Å². The van der Waals surface area contributed by atoms with Crippen LogP contribution in [0.1, 0.15) is 61.0 Å². The van der Waals surface area contributed by atoms with Gasteiger partial charge in [-0.15, -0.1) is 0 Å². The Bertz CT molecular complexity index is 1020. The average molecular weight is 429 g/mol. The lowest BCUT2D eigenvalue weighted by Crippen LogP contribution is -2.27. The number of carboxylic acids is 1. The predicted octanol–water partition coefficient (Wildman–Crippen LogP) is 4.73. The van der Waals surface area contributed by atoms with Crippen LogP contribution in [0.15, 0.2) is 65.1 Å². The number of benzene rings is 2. The van der Waals surface area contributed by atoms with E-state index in [4.69, 9.17) is 0 Å². The first kappa shape index (κ1) is 22.1. The van der Waals surface area contributed by atoms with Crippen LogP contribution in [-0.2, 0) is 10.0 Å². The van der Waals surface area contributed by atoms with Crippen molar-refractivity contribution in [3.8, 4) is 0 Å². The second-order valence-electron chi connectivity index (χ2n) is 7.55. The van der Waals surface area contributed by atoms with Crippen molar-refractivity contribution >= 4 is 21.7 Å². The molecule has 30 heavy (non-hydrogen) atoms. The van der Waals surface area contributed by atoms with Crippen LogP contribution in [0.5, 0.6) is 0 Å². The fraction of sp³-hybridized carbons (Fsp3) is 0.348. The van der Waals surface area contributed by atoms with E-state index in [0.29, 0.717) is 12.2 Å². The second kappa shape index (κ2) is 9.91. The molecule has 0 fully saturated rings. The maximum atomic E-state index is 12.8. The summed E-state index contributed by atoms with van der Waals surface area (Å²) in [6, 6.07) is 13.0. The number of hydrogen-bond donors (Lipinski definition) is 3. The molecule has 0 unspecified atom stereocenters. The third-order valence-electron chi connectivity index (χ3n) is 5.31. The summed E-state index contributed by atoms with van der Waals surface area (Å²) in [6.45, 7) is 2.36. The van der Waals surface area contributed by atoms with Crippen LogP contribution < -0.4 is 10.0 Å². The Morgan fingerprint density at radius 2 is 1.90 bits per heavy atom. The van der Waals surface area contributed by atoms with Crippen molar-refractivity contribution in [1.29, 1.82) is 0 Å². The van der Waals surface area contributed by atoms with E-state index < -0.39 is 22.0 Å². The first-order valence-electron chi connectivity index (χ1n) is 10.2. The number of anilines is 1. The van der Waals surface area contributed by atoms with E-state index in [2.05, 4.69) is 16.1 Å². The monoisotopic (exact) mass is 428 g/mol. The molecule has 0 radical (unpaired) electrons. The number of nitrogens with one attached hydrogen (secondary N) is 2. The van der Waals surface area contributed by atoms with Gasteiger partial charge in [0.2, 0.25) is 10.0 Å². The van der Waals surface area contributed by atoms with Gasteiger partial charge in [-0.3, -0.25) is 0 Å². The zero-order valence-electron chi connectivity index (χ0n) is 17.1. The quantitative estimate of drug-likeness (QED) is 0.502. The van der Waals surface area contributed by atoms with Gasteiger partial charge in [-0.25, -0.2) is 17.9 Å². The molecule has 0 heterocycles. The molecule has 160 valence electrons. The highest BCUT2D eigenvalue weighted by Crippen LogP contribution is 2.24. The van der Waals surface area contributed by atoms with Crippen LogP contribution in [0.3, 0.4) is 0 Å². The molecule has 0 saturated heterocycles. The van der Waals surface area contributed by atoms with Crippen LogP contribution in [0.2, 0.25) is 0 Å². The van der Waals surface area contributed by atoms with Crippen LogP contribution in [-0.4, -0.2) is 26.0 Å². The number of aromatic carboxylic acids is 1. The first-order chi connectivity index (χ1) is 14.4. The average Bonchev–Trinajstić information content (AvgIpc) is 2.74. The summed E-state index contributed by atoms with van der Waals surface area (Å²) in [5, 5.41) is 12.7. The van der Waals surface area contributed by atoms with Gasteiger partial charge in [0.05, 0.1) is 10.5 Å². The number of carboxylic acid groups (broad SMARTS) is 1. The molecular formula is C23H28N2O4S. The summed E-state index contributed by atoms with van der Waals surface area (Å²) in [5.41, 5.74) is 2.59. The molecule has 0 saturated carbocycles. The molecule has 0 amide bonds. The highest BCUT2D eigenvalue weighted by molar-refractivity contribution is 7.89. The molecule has 7 heteroatoms. The maximum absolute atomic E-state index is 12.8. The van der Waals surface area contributed by atoms with E-state index in [1.807, 2.05) is 30.3 Å². The van der Waals surface area contributed by atoms with E-state index in [0.717, 1.165) is 24.8 Å². The van der Waals surface area contributed by atoms with Crippen LogP contribution >= 0.6 is 0 Å². The van der Waals surface area contributed by atoms with Crippen molar-refractivity contribution < 1.29 is 18.3 Å². The zero-order valence-corrected chi connectivity index (χ0v) is 17.9. The lowest BCUT2D eigenvalue weighted by atomic mass is 9.97. The molecule has 1 atom stereocenters. The van der Waals surface area contributed by atoms with Crippen molar-refractivity contribution in [3.05, 3.63) is 71.3 Å². The lowest BCUT2D eigenvalue weighted by Gasteiger charge is -2.17. The van der Waals surface area contributed by atoms with Gasteiger partial charge in [0.1, 0.15) is 0 Å². The summed E-state index contributed by atoms with van der Waals surface area (Å²) in [6.07, 6.45) is 7.75. The van der Waals surface area contributed by atoms with Crippen LogP contribution in [0.25, 0.3) is 0 Å². The number of carbonyl (C=O) groups is 1. The minimum absolute atomic E-state index is 0.0529. The van der Waals surface area contributed by atoms with Gasteiger partial charge >= 0.3 is 5.97 Å². The first-order valence-corrected chi connectivity index (χ1v) is 11.7. The minimum atomic E-state index is -3.87. The Balaban J connectivity index is 1.73. The highest BCUT2D eigenvalue weighted by Gasteiger charge is 2.21. The van der Waals surface area contributed by atoms with Gasteiger partial charge in [-0.2, -0.15) is 0 Å². The van der Waals surface area contributed by atoms with E-state index in [1.165, 1.54) is 36.6 Å². The molecule has 2 aromatic rings. The minimum Gasteiger partial charge on any atom is -0.478 e. The Kier molecular flexibility index (Phi) is 7.29. The van der Waals surface area contributed by atoms with E-state index in [-0.39, 0.29) is 10.5 Å². The smallest absolute Gasteiger partial charge is 0.337 e. The molecule has 1 aliphatic carbocycles. The number of sulfonamides is 1. The van der Waals surface area contributed by atoms with Crippen molar-refractivity contribution in [2.75, 3.05) is 11.9 Å². The highest BCUT2D eigenvalue weighted by atomic mass is 32.2. The van der Waals surface area contributed by atoms with Gasteiger partial charge < -0.3 is 10.4 Å². The Labute approximate surface area is 178 Å². The molecule has 0 aromatic heterocycles. The summed E-state index contributed by atoms with van der Waals surface area (Å²) < 4.78 is 28.2. The second-order valence-corrected chi connectivity index (χ2v) is 9.27. The van der Waals surface area contributed by atoms with Gasteiger partial charge in [0, 0.05) is 18.3 Å². The fourth-order valence-electron chi connectivity index (χ4n) is 3.62. The molecule has 2 aromatic carbocycles. The molecule has 0 aliphatic heterocycles. The number of hydrogen-bond acceptors (Lipinski definition) is 4. The van der Waals surface area contributed by atoms with Crippen molar-refractivity contribution in [2.24, 2.45) is 0 Å². The van der Waals surface area contributed by atoms with Gasteiger partial charge in [0.15, 0.2) is 0 Å². The zero-order chi connectivity index (χ0) is 21.6. The molecule has 3 N–H and O–H groups in total. The molecule has 1 aliphatic rings. The van der Waals surface area contributed by atoms with E-state index >= 15 is 0 Å².